The average Bonchev–Trinajstić information content (AvgIpc) is 2.86. The number of carbonyl (C=O) groups is 2. The van der Waals surface area contributed by atoms with Crippen LogP contribution in [0.4, 0.5) is 0 Å². The first-order valence-corrected chi connectivity index (χ1v) is 11.7. The number of piperidine rings is 2. The second-order valence-electron chi connectivity index (χ2n) is 7.73. The van der Waals surface area contributed by atoms with Crippen molar-refractivity contribution in [1.82, 2.24) is 10.6 Å². The van der Waals surface area contributed by atoms with Gasteiger partial charge in [0.1, 0.15) is 19.0 Å². The molecule has 4 rings (SSSR count). The van der Waals surface area contributed by atoms with Crippen molar-refractivity contribution in [2.45, 2.75) is 46.0 Å². The molecule has 0 radical (unpaired) electrons. The van der Waals surface area contributed by atoms with Crippen LogP contribution < -0.4 is 20.1 Å². The molecule has 0 aromatic heterocycles. The molecule has 0 unspecified atom stereocenters. The quantitative estimate of drug-likeness (QED) is 0.547. The van der Waals surface area contributed by atoms with Crippen LogP contribution in [0.25, 0.3) is 0 Å². The Labute approximate surface area is 186 Å². The minimum atomic E-state index is 0.147. The molecular formula is C25H38N2O4. The van der Waals surface area contributed by atoms with Gasteiger partial charge in [0.15, 0.2) is 17.3 Å². The first kappa shape index (κ1) is 25.1. The van der Waals surface area contributed by atoms with Gasteiger partial charge in [0.2, 0.25) is 0 Å². The van der Waals surface area contributed by atoms with Crippen LogP contribution in [0.1, 0.15) is 56.3 Å². The van der Waals surface area contributed by atoms with Crippen LogP contribution in [0.2, 0.25) is 0 Å². The number of ketones is 2. The second kappa shape index (κ2) is 14.0. The SMILES string of the molecule is C=CCC(=O)C1CCNCC1.CC.O=C(c1ccc2c(c1)OCCO2)C1CCNCC1. The summed E-state index contributed by atoms with van der Waals surface area (Å²) in [6, 6.07) is 5.50. The smallest absolute Gasteiger partial charge is 0.166 e. The maximum Gasteiger partial charge on any atom is 0.166 e. The molecular weight excluding hydrogens is 392 g/mol. The van der Waals surface area contributed by atoms with Gasteiger partial charge in [-0.15, -0.1) is 6.58 Å². The zero-order valence-electron chi connectivity index (χ0n) is 19.1. The summed E-state index contributed by atoms with van der Waals surface area (Å²) in [5, 5.41) is 6.51. The summed E-state index contributed by atoms with van der Waals surface area (Å²) in [6.45, 7) is 12.5. The summed E-state index contributed by atoms with van der Waals surface area (Å²) in [5.41, 5.74) is 0.742. The molecule has 1 aromatic rings. The number of rotatable bonds is 5. The van der Waals surface area contributed by atoms with Crippen molar-refractivity contribution < 1.29 is 19.1 Å². The molecule has 3 aliphatic rings. The predicted molar refractivity (Wildman–Crippen MR) is 124 cm³/mol. The first-order chi connectivity index (χ1) is 15.2. The molecule has 2 N–H and O–H groups in total. The Kier molecular flexibility index (Phi) is 11.3. The minimum absolute atomic E-state index is 0.147. The summed E-state index contributed by atoms with van der Waals surface area (Å²) in [5.74, 6) is 2.47. The number of ether oxygens (including phenoxy) is 2. The van der Waals surface area contributed by atoms with E-state index in [0.29, 0.717) is 37.1 Å². The van der Waals surface area contributed by atoms with Gasteiger partial charge < -0.3 is 20.1 Å². The van der Waals surface area contributed by atoms with Gasteiger partial charge in [-0.05, 0) is 70.1 Å². The third kappa shape index (κ3) is 7.78. The number of Topliss-reactive ketones (excluding diaryl/α,β-unsaturated/α-hetero) is 2. The largest absolute Gasteiger partial charge is 0.486 e. The molecule has 0 saturated carbocycles. The fraction of sp³-hybridized carbons (Fsp3) is 0.600. The van der Waals surface area contributed by atoms with Crippen molar-refractivity contribution in [2.24, 2.45) is 11.8 Å². The fourth-order valence-electron chi connectivity index (χ4n) is 3.97. The molecule has 2 fully saturated rings. The molecule has 0 spiro atoms. The molecule has 3 heterocycles. The number of hydrogen-bond acceptors (Lipinski definition) is 6. The molecule has 0 bridgehead atoms. The Morgan fingerprint density at radius 2 is 1.48 bits per heavy atom. The van der Waals surface area contributed by atoms with E-state index in [1.165, 1.54) is 0 Å². The number of allylic oxidation sites excluding steroid dienone is 1. The van der Waals surface area contributed by atoms with E-state index in [1.807, 2.05) is 32.0 Å². The molecule has 172 valence electrons. The molecule has 0 amide bonds. The van der Waals surface area contributed by atoms with E-state index in [-0.39, 0.29) is 11.7 Å². The second-order valence-corrected chi connectivity index (χ2v) is 7.73. The molecule has 31 heavy (non-hydrogen) atoms. The van der Waals surface area contributed by atoms with Crippen LogP contribution in [0.15, 0.2) is 30.9 Å². The third-order valence-corrected chi connectivity index (χ3v) is 5.68. The van der Waals surface area contributed by atoms with Crippen molar-refractivity contribution in [1.29, 1.82) is 0 Å². The standard InChI is InChI=1S/C14H17NO3.C9H15NO.C2H6/c16-14(10-3-5-15-6-4-10)11-1-2-12-13(9-11)18-8-7-17-12;1-2-3-9(11)8-4-6-10-7-5-8;1-2/h1-2,9-10,15H,3-8H2;2,8,10H,1,3-7H2;1-2H3. The van der Waals surface area contributed by atoms with Gasteiger partial charge in [-0.2, -0.15) is 0 Å². The first-order valence-electron chi connectivity index (χ1n) is 11.7. The van der Waals surface area contributed by atoms with Crippen molar-refractivity contribution in [3.8, 4) is 11.5 Å². The molecule has 6 nitrogen and oxygen atoms in total. The van der Waals surface area contributed by atoms with Crippen molar-refractivity contribution >= 4 is 11.6 Å². The predicted octanol–water partition coefficient (Wildman–Crippen LogP) is 3.80. The van der Waals surface area contributed by atoms with E-state index in [4.69, 9.17) is 9.47 Å². The molecule has 6 heteroatoms. The van der Waals surface area contributed by atoms with E-state index >= 15 is 0 Å². The van der Waals surface area contributed by atoms with E-state index in [9.17, 15) is 9.59 Å². The highest BCUT2D eigenvalue weighted by molar-refractivity contribution is 5.98. The van der Waals surface area contributed by atoms with E-state index < -0.39 is 0 Å². The molecule has 3 aliphatic heterocycles. The van der Waals surface area contributed by atoms with Gasteiger partial charge in [-0.25, -0.2) is 0 Å². The van der Waals surface area contributed by atoms with Gasteiger partial charge in [-0.1, -0.05) is 19.9 Å². The Morgan fingerprint density at radius 1 is 0.935 bits per heavy atom. The zero-order chi connectivity index (χ0) is 22.5. The highest BCUT2D eigenvalue weighted by atomic mass is 16.6. The highest BCUT2D eigenvalue weighted by Crippen LogP contribution is 2.32. The normalized spacial score (nSPS) is 18.5. The maximum absolute atomic E-state index is 12.4. The van der Waals surface area contributed by atoms with Crippen LogP contribution >= 0.6 is 0 Å². The van der Waals surface area contributed by atoms with Gasteiger partial charge in [-0.3, -0.25) is 9.59 Å². The summed E-state index contributed by atoms with van der Waals surface area (Å²) in [6.07, 6.45) is 6.11. The van der Waals surface area contributed by atoms with Crippen LogP contribution in [0.5, 0.6) is 11.5 Å². The highest BCUT2D eigenvalue weighted by Gasteiger charge is 2.24. The van der Waals surface area contributed by atoms with E-state index in [0.717, 1.165) is 63.2 Å². The Hall–Kier alpha value is -2.18. The molecule has 1 aromatic carbocycles. The Balaban J connectivity index is 0.000000226. The van der Waals surface area contributed by atoms with Crippen LogP contribution in [0, 0.1) is 11.8 Å². The van der Waals surface area contributed by atoms with Gasteiger partial charge in [0.25, 0.3) is 0 Å². The van der Waals surface area contributed by atoms with Gasteiger partial charge in [0.05, 0.1) is 0 Å². The summed E-state index contributed by atoms with van der Waals surface area (Å²) < 4.78 is 11.0. The average molecular weight is 431 g/mol. The van der Waals surface area contributed by atoms with Crippen LogP contribution in [-0.4, -0.2) is 51.0 Å². The molecule has 2 saturated heterocycles. The van der Waals surface area contributed by atoms with Crippen molar-refractivity contribution in [3.05, 3.63) is 36.4 Å². The summed E-state index contributed by atoms with van der Waals surface area (Å²) >= 11 is 0. The van der Waals surface area contributed by atoms with E-state index in [1.54, 1.807) is 6.08 Å². The number of nitrogens with one attached hydrogen (secondary N) is 2. The lowest BCUT2D eigenvalue weighted by Gasteiger charge is -2.23. The summed E-state index contributed by atoms with van der Waals surface area (Å²) in [4.78, 5) is 23.7. The topological polar surface area (TPSA) is 76.7 Å². The monoisotopic (exact) mass is 430 g/mol. The third-order valence-electron chi connectivity index (χ3n) is 5.68. The Morgan fingerprint density at radius 3 is 2.06 bits per heavy atom. The fourth-order valence-corrected chi connectivity index (χ4v) is 3.97. The van der Waals surface area contributed by atoms with Crippen LogP contribution in [-0.2, 0) is 4.79 Å². The lowest BCUT2D eigenvalue weighted by molar-refractivity contribution is -0.122. The number of fused-ring (bicyclic) bond motifs is 1. The Bertz CT molecular complexity index is 707. The lowest BCUT2D eigenvalue weighted by Crippen LogP contribution is -2.31. The number of benzene rings is 1. The van der Waals surface area contributed by atoms with Gasteiger partial charge >= 0.3 is 0 Å². The van der Waals surface area contributed by atoms with Crippen LogP contribution in [0.3, 0.4) is 0 Å². The van der Waals surface area contributed by atoms with E-state index in [2.05, 4.69) is 17.2 Å². The van der Waals surface area contributed by atoms with Crippen molar-refractivity contribution in [3.63, 3.8) is 0 Å². The zero-order valence-corrected chi connectivity index (χ0v) is 19.1. The maximum atomic E-state index is 12.4. The molecule has 0 atom stereocenters. The number of carbonyl (C=O) groups excluding carboxylic acids is 2. The number of hydrogen-bond donors (Lipinski definition) is 2. The minimum Gasteiger partial charge on any atom is -0.486 e. The molecule has 0 aliphatic carbocycles. The lowest BCUT2D eigenvalue weighted by atomic mass is 9.89. The van der Waals surface area contributed by atoms with Gasteiger partial charge in [0, 0.05) is 23.8 Å². The summed E-state index contributed by atoms with van der Waals surface area (Å²) in [7, 11) is 0. The van der Waals surface area contributed by atoms with Crippen molar-refractivity contribution in [2.75, 3.05) is 39.4 Å².